The van der Waals surface area contributed by atoms with Gasteiger partial charge in [-0.25, -0.2) is 14.8 Å². The molecule has 0 spiro atoms. The molecule has 1 aliphatic rings. The highest BCUT2D eigenvalue weighted by Gasteiger charge is 2.33. The number of methoxy groups -OCH3 is 2. The number of amides is 3. The van der Waals surface area contributed by atoms with E-state index < -0.39 is 6.04 Å². The molecule has 1 saturated heterocycles. The van der Waals surface area contributed by atoms with Crippen molar-refractivity contribution in [3.8, 4) is 17.4 Å². The lowest BCUT2D eigenvalue weighted by Crippen LogP contribution is -2.57. The second-order valence-corrected chi connectivity index (χ2v) is 10.4. The molecule has 5 rings (SSSR count). The van der Waals surface area contributed by atoms with Crippen LogP contribution in [0.1, 0.15) is 24.9 Å². The average Bonchev–Trinajstić information content (AvgIpc) is 3.56. The minimum atomic E-state index is -0.406. The first-order valence-corrected chi connectivity index (χ1v) is 14.1. The molecule has 13 heteroatoms. The third kappa shape index (κ3) is 7.15. The lowest BCUT2D eigenvalue weighted by Gasteiger charge is -2.42. The fourth-order valence-corrected chi connectivity index (χ4v) is 5.22. The van der Waals surface area contributed by atoms with E-state index in [0.717, 1.165) is 5.56 Å². The van der Waals surface area contributed by atoms with E-state index >= 15 is 0 Å². The van der Waals surface area contributed by atoms with Crippen molar-refractivity contribution in [2.24, 2.45) is 0 Å². The first-order chi connectivity index (χ1) is 20.8. The third-order valence-corrected chi connectivity index (χ3v) is 7.39. The van der Waals surface area contributed by atoms with Crippen molar-refractivity contribution >= 4 is 35.0 Å². The second kappa shape index (κ2) is 13.4. The number of anilines is 2. The van der Waals surface area contributed by atoms with E-state index in [-0.39, 0.29) is 36.1 Å². The Kier molecular flexibility index (Phi) is 9.26. The monoisotopic (exact) mass is 604 g/mol. The van der Waals surface area contributed by atoms with E-state index in [1.807, 2.05) is 48.2 Å². The first-order valence-electron chi connectivity index (χ1n) is 13.8. The van der Waals surface area contributed by atoms with Crippen molar-refractivity contribution in [1.82, 2.24) is 29.7 Å². The first kappa shape index (κ1) is 29.6. The van der Waals surface area contributed by atoms with Gasteiger partial charge in [0.25, 0.3) is 0 Å². The van der Waals surface area contributed by atoms with E-state index in [9.17, 15) is 9.59 Å². The van der Waals surface area contributed by atoms with Gasteiger partial charge in [-0.15, -0.1) is 0 Å². The molecule has 12 nitrogen and oxygen atoms in total. The lowest BCUT2D eigenvalue weighted by atomic mass is 10.0. The molecule has 0 aliphatic carbocycles. The molecule has 4 aromatic rings. The van der Waals surface area contributed by atoms with Crippen molar-refractivity contribution in [2.75, 3.05) is 44.1 Å². The number of nitrogens with one attached hydrogen (secondary N) is 2. The molecule has 2 aromatic heterocycles. The van der Waals surface area contributed by atoms with E-state index in [2.05, 4.69) is 20.6 Å². The Morgan fingerprint density at radius 2 is 1.88 bits per heavy atom. The maximum absolute atomic E-state index is 13.5. The third-order valence-electron chi connectivity index (χ3n) is 7.20. The van der Waals surface area contributed by atoms with Gasteiger partial charge < -0.3 is 29.9 Å². The van der Waals surface area contributed by atoms with Crippen LogP contribution in [0.5, 0.6) is 11.5 Å². The molecule has 0 bridgehead atoms. The lowest BCUT2D eigenvalue weighted by molar-refractivity contribution is -0.122. The van der Waals surface area contributed by atoms with E-state index in [1.54, 1.807) is 60.6 Å². The number of rotatable bonds is 9. The summed E-state index contributed by atoms with van der Waals surface area (Å²) in [6.45, 7) is 3.01. The van der Waals surface area contributed by atoms with E-state index in [1.165, 1.54) is 0 Å². The quantitative estimate of drug-likeness (QED) is 0.271. The van der Waals surface area contributed by atoms with Crippen molar-refractivity contribution in [3.63, 3.8) is 0 Å². The van der Waals surface area contributed by atoms with Crippen molar-refractivity contribution in [3.05, 3.63) is 84.0 Å². The summed E-state index contributed by atoms with van der Waals surface area (Å²) in [4.78, 5) is 43.5. The maximum Gasteiger partial charge on any atom is 0.321 e. The zero-order chi connectivity index (χ0) is 30.3. The Balaban J connectivity index is 1.38. The number of carbonyl (C=O) groups excluding carboxylic acids is 2. The number of halogens is 1. The number of imidazole rings is 1. The topological polar surface area (TPSA) is 127 Å². The number of hydrogen-bond acceptors (Lipinski definition) is 8. The summed E-state index contributed by atoms with van der Waals surface area (Å²) in [5.74, 6) is 2.00. The highest BCUT2D eigenvalue weighted by Crippen LogP contribution is 2.30. The van der Waals surface area contributed by atoms with E-state index in [0.29, 0.717) is 42.0 Å². The predicted octanol–water partition coefficient (Wildman–Crippen LogP) is 4.32. The number of hydrogen-bond donors (Lipinski definition) is 2. The molecule has 2 atom stereocenters. The standard InChI is InChI=1S/C30H33ClN8O4/c1-20(24-16-23(42-2)9-10-25(24)43-3)33-28(40)15-22-18-37(30(41)34-21-7-5-4-6-8-21)13-14-39(22)27-17-26(31)35-29(36-27)38-12-11-32-19-38/h4-12,16-17,19-20,22H,13-15,18H2,1-3H3,(H,33,40)(H,34,41). The summed E-state index contributed by atoms with van der Waals surface area (Å²) >= 11 is 6.41. The van der Waals surface area contributed by atoms with Gasteiger partial charge in [-0.2, -0.15) is 4.98 Å². The van der Waals surface area contributed by atoms with Gasteiger partial charge in [-0.05, 0) is 37.3 Å². The minimum Gasteiger partial charge on any atom is -0.497 e. The molecular formula is C30H33ClN8O4. The van der Waals surface area contributed by atoms with Gasteiger partial charge in [0.15, 0.2) is 0 Å². The van der Waals surface area contributed by atoms with Gasteiger partial charge in [0, 0.05) is 55.8 Å². The molecule has 2 unspecified atom stereocenters. The summed E-state index contributed by atoms with van der Waals surface area (Å²) in [5.41, 5.74) is 1.48. The number of piperazine rings is 1. The van der Waals surface area contributed by atoms with Crippen molar-refractivity contribution in [2.45, 2.75) is 25.4 Å². The number of benzene rings is 2. The SMILES string of the molecule is COc1ccc(OC)c(C(C)NC(=O)CC2CN(C(=O)Nc3ccccc3)CCN2c2cc(Cl)nc(-n3ccnc3)n2)c1. The smallest absolute Gasteiger partial charge is 0.321 e. The highest BCUT2D eigenvalue weighted by atomic mass is 35.5. The van der Waals surface area contributed by atoms with Crippen LogP contribution in [0.4, 0.5) is 16.3 Å². The van der Waals surface area contributed by atoms with Crippen LogP contribution in [0.2, 0.25) is 5.15 Å². The Morgan fingerprint density at radius 1 is 1.07 bits per heavy atom. The fraction of sp³-hybridized carbons (Fsp3) is 0.300. The Morgan fingerprint density at radius 3 is 2.60 bits per heavy atom. The summed E-state index contributed by atoms with van der Waals surface area (Å²) < 4.78 is 12.5. The summed E-state index contributed by atoms with van der Waals surface area (Å²) in [5, 5.41) is 6.27. The van der Waals surface area contributed by atoms with Crippen molar-refractivity contribution in [1.29, 1.82) is 0 Å². The summed E-state index contributed by atoms with van der Waals surface area (Å²) in [7, 11) is 3.17. The number of carbonyl (C=O) groups is 2. The van der Waals surface area contributed by atoms with Gasteiger partial charge in [0.1, 0.15) is 28.8 Å². The minimum absolute atomic E-state index is 0.0910. The number of urea groups is 1. The average molecular weight is 605 g/mol. The molecular weight excluding hydrogens is 572 g/mol. The molecule has 3 heterocycles. The van der Waals surface area contributed by atoms with Crippen LogP contribution < -0.4 is 25.0 Å². The number of para-hydroxylation sites is 1. The predicted molar refractivity (Wildman–Crippen MR) is 163 cm³/mol. The molecule has 0 radical (unpaired) electrons. The molecule has 1 fully saturated rings. The van der Waals surface area contributed by atoms with Gasteiger partial charge in [-0.1, -0.05) is 29.8 Å². The normalized spacial score (nSPS) is 15.5. The molecule has 1 aliphatic heterocycles. The van der Waals surface area contributed by atoms with Crippen LogP contribution in [-0.2, 0) is 4.79 Å². The molecule has 3 amide bonds. The van der Waals surface area contributed by atoms with Crippen LogP contribution in [0.3, 0.4) is 0 Å². The number of nitrogens with zero attached hydrogens (tertiary/aromatic N) is 6. The molecule has 2 aromatic carbocycles. The van der Waals surface area contributed by atoms with Gasteiger partial charge in [0.2, 0.25) is 11.9 Å². The fourth-order valence-electron chi connectivity index (χ4n) is 5.04. The van der Waals surface area contributed by atoms with Crippen LogP contribution in [0.15, 0.2) is 73.3 Å². The Hall–Kier alpha value is -4.84. The van der Waals surface area contributed by atoms with Crippen LogP contribution in [0.25, 0.3) is 5.95 Å². The van der Waals surface area contributed by atoms with Crippen LogP contribution >= 0.6 is 11.6 Å². The number of ether oxygens (including phenoxy) is 2. The summed E-state index contributed by atoms with van der Waals surface area (Å²) in [6, 6.07) is 15.3. The van der Waals surface area contributed by atoms with Crippen LogP contribution in [-0.4, -0.2) is 76.3 Å². The zero-order valence-electron chi connectivity index (χ0n) is 24.1. The molecule has 43 heavy (non-hydrogen) atoms. The van der Waals surface area contributed by atoms with Gasteiger partial charge in [0.05, 0.1) is 26.3 Å². The second-order valence-electron chi connectivity index (χ2n) is 10.0. The molecule has 2 N–H and O–H groups in total. The van der Waals surface area contributed by atoms with E-state index in [4.69, 9.17) is 26.1 Å². The largest absolute Gasteiger partial charge is 0.497 e. The number of aromatic nitrogens is 4. The summed E-state index contributed by atoms with van der Waals surface area (Å²) in [6.07, 6.45) is 5.02. The zero-order valence-corrected chi connectivity index (χ0v) is 24.9. The maximum atomic E-state index is 13.5. The van der Waals surface area contributed by atoms with Gasteiger partial charge in [-0.3, -0.25) is 9.36 Å². The Labute approximate surface area is 254 Å². The van der Waals surface area contributed by atoms with Crippen LogP contribution in [0, 0.1) is 0 Å². The highest BCUT2D eigenvalue weighted by molar-refractivity contribution is 6.29. The van der Waals surface area contributed by atoms with Crippen molar-refractivity contribution < 1.29 is 19.1 Å². The Bertz CT molecular complexity index is 1550. The molecule has 0 saturated carbocycles. The van der Waals surface area contributed by atoms with Gasteiger partial charge >= 0.3 is 6.03 Å². The molecule has 224 valence electrons.